The minimum absolute atomic E-state index is 0.207. The van der Waals surface area contributed by atoms with Gasteiger partial charge >= 0.3 is 0 Å². The molecule has 29 heavy (non-hydrogen) atoms. The number of fused-ring (bicyclic) bond motifs is 3. The van der Waals surface area contributed by atoms with Gasteiger partial charge in [-0.15, -0.1) is 11.3 Å². The zero-order chi connectivity index (χ0) is 20.5. The second-order valence-electron chi connectivity index (χ2n) is 6.42. The van der Waals surface area contributed by atoms with Crippen molar-refractivity contribution in [1.29, 1.82) is 5.41 Å². The highest BCUT2D eigenvalue weighted by Gasteiger charge is 2.19. The number of pyridine rings is 1. The quantitative estimate of drug-likeness (QED) is 0.468. The topological polar surface area (TPSA) is 125 Å². The van der Waals surface area contributed by atoms with Gasteiger partial charge in [0.1, 0.15) is 10.5 Å². The first-order valence-corrected chi connectivity index (χ1v) is 9.62. The van der Waals surface area contributed by atoms with Gasteiger partial charge in [-0.2, -0.15) is 5.10 Å². The molecular weight excluding hydrogens is 390 g/mol. The number of nitrogens with two attached hydrogens (primary N) is 1. The first-order valence-electron chi connectivity index (χ1n) is 8.81. The van der Waals surface area contributed by atoms with E-state index in [4.69, 9.17) is 15.9 Å². The molecule has 0 saturated carbocycles. The summed E-state index contributed by atoms with van der Waals surface area (Å²) in [5.74, 6) is 0.467. The lowest BCUT2D eigenvalue weighted by atomic mass is 10.2. The number of allylic oxidation sites excluding steroid dienone is 1. The highest BCUT2D eigenvalue weighted by Crippen LogP contribution is 2.31. The normalized spacial score (nSPS) is 11.7. The first kappa shape index (κ1) is 18.8. The van der Waals surface area contributed by atoms with Crippen molar-refractivity contribution in [2.45, 2.75) is 13.0 Å². The summed E-state index contributed by atoms with van der Waals surface area (Å²) in [4.78, 5) is 21.9. The average molecular weight is 409 g/mol. The Balaban J connectivity index is 1.78. The molecular formula is C19H19N7O2S. The van der Waals surface area contributed by atoms with Crippen LogP contribution >= 0.6 is 11.3 Å². The average Bonchev–Trinajstić information content (AvgIpc) is 3.23. The second kappa shape index (κ2) is 7.47. The highest BCUT2D eigenvalue weighted by molar-refractivity contribution is 7.19. The maximum Gasteiger partial charge on any atom is 0.291 e. The summed E-state index contributed by atoms with van der Waals surface area (Å²) >= 11 is 1.46. The number of nitrogens with one attached hydrogen (secondary N) is 1. The van der Waals surface area contributed by atoms with Crippen LogP contribution in [0.2, 0.25) is 0 Å². The number of hydrogen-bond acceptors (Lipinski definition) is 8. The van der Waals surface area contributed by atoms with Crippen LogP contribution in [0.5, 0.6) is 5.88 Å². The van der Waals surface area contributed by atoms with Gasteiger partial charge in [-0.05, 0) is 18.3 Å². The van der Waals surface area contributed by atoms with E-state index in [-0.39, 0.29) is 12.1 Å². The standard InChI is InChI=1S/C19H19N7O2S/c1-25-15-13(16-17(25)24-14(29-16)8-12(21)5-6-20)9-23-26(19(15)27)10-11-4-3-7-22-18(11)28-2/h3-7,9,21H,8,10,20H2,1-2H3/b6-5-,21-12?. The van der Waals surface area contributed by atoms with Crippen molar-refractivity contribution < 1.29 is 4.74 Å². The molecule has 4 aromatic heterocycles. The second-order valence-corrected chi connectivity index (χ2v) is 7.51. The molecule has 4 aromatic rings. The van der Waals surface area contributed by atoms with E-state index in [2.05, 4.69) is 15.1 Å². The minimum Gasteiger partial charge on any atom is -0.481 e. The molecule has 0 bridgehead atoms. The van der Waals surface area contributed by atoms with Gasteiger partial charge in [0.25, 0.3) is 5.56 Å². The summed E-state index contributed by atoms with van der Waals surface area (Å²) in [6.07, 6.45) is 6.60. The van der Waals surface area contributed by atoms with E-state index in [1.165, 1.54) is 28.3 Å². The molecule has 4 rings (SSSR count). The third-order valence-electron chi connectivity index (χ3n) is 4.57. The molecule has 0 aromatic carbocycles. The lowest BCUT2D eigenvalue weighted by Gasteiger charge is -2.08. The van der Waals surface area contributed by atoms with Crippen molar-refractivity contribution >= 4 is 38.3 Å². The molecule has 0 saturated heterocycles. The number of hydrogen-bond donors (Lipinski definition) is 2. The molecule has 10 heteroatoms. The van der Waals surface area contributed by atoms with Gasteiger partial charge < -0.3 is 20.4 Å². The van der Waals surface area contributed by atoms with Crippen LogP contribution in [0.1, 0.15) is 10.6 Å². The van der Waals surface area contributed by atoms with E-state index >= 15 is 0 Å². The molecule has 3 N–H and O–H groups in total. The van der Waals surface area contributed by atoms with Crippen LogP contribution in [0, 0.1) is 5.41 Å². The predicted molar refractivity (Wildman–Crippen MR) is 113 cm³/mol. The Bertz CT molecular complexity index is 1320. The molecule has 0 spiro atoms. The van der Waals surface area contributed by atoms with Crippen LogP contribution < -0.4 is 16.0 Å². The Kier molecular flexibility index (Phi) is 4.85. The molecule has 0 unspecified atom stereocenters. The predicted octanol–water partition coefficient (Wildman–Crippen LogP) is 1.83. The minimum atomic E-state index is -0.207. The van der Waals surface area contributed by atoms with E-state index in [9.17, 15) is 4.79 Å². The number of ether oxygens (including phenoxy) is 1. The molecule has 0 fully saturated rings. The summed E-state index contributed by atoms with van der Waals surface area (Å²) in [7, 11) is 3.36. The molecule has 0 atom stereocenters. The molecule has 148 valence electrons. The summed E-state index contributed by atoms with van der Waals surface area (Å²) in [6.45, 7) is 0.256. The van der Waals surface area contributed by atoms with Crippen molar-refractivity contribution in [3.05, 3.63) is 57.7 Å². The van der Waals surface area contributed by atoms with E-state index in [0.717, 1.165) is 20.7 Å². The van der Waals surface area contributed by atoms with Gasteiger partial charge in [-0.3, -0.25) is 4.79 Å². The zero-order valence-electron chi connectivity index (χ0n) is 15.9. The molecule has 0 aliphatic carbocycles. The van der Waals surface area contributed by atoms with Gasteiger partial charge in [0, 0.05) is 36.3 Å². The lowest BCUT2D eigenvalue weighted by molar-refractivity contribution is 0.389. The fraction of sp³-hybridized carbons (Fsp3) is 0.211. The maximum atomic E-state index is 13.1. The molecule has 9 nitrogen and oxygen atoms in total. The number of rotatable bonds is 6. The van der Waals surface area contributed by atoms with E-state index < -0.39 is 0 Å². The fourth-order valence-corrected chi connectivity index (χ4v) is 4.38. The smallest absolute Gasteiger partial charge is 0.291 e. The van der Waals surface area contributed by atoms with Crippen molar-refractivity contribution in [3.8, 4) is 5.88 Å². The van der Waals surface area contributed by atoms with Gasteiger partial charge in [-0.1, -0.05) is 6.07 Å². The molecule has 0 radical (unpaired) electrons. The van der Waals surface area contributed by atoms with E-state index in [1.54, 1.807) is 30.1 Å². The van der Waals surface area contributed by atoms with Crippen molar-refractivity contribution in [2.75, 3.05) is 7.11 Å². The zero-order valence-corrected chi connectivity index (χ0v) is 16.7. The summed E-state index contributed by atoms with van der Waals surface area (Å²) in [5.41, 5.74) is 7.53. The number of nitrogens with zero attached hydrogens (tertiary/aromatic N) is 5. The van der Waals surface area contributed by atoms with Gasteiger partial charge in [0.15, 0.2) is 5.65 Å². The Morgan fingerprint density at radius 3 is 3.03 bits per heavy atom. The molecule has 0 amide bonds. The van der Waals surface area contributed by atoms with Crippen LogP contribution in [0.3, 0.4) is 0 Å². The highest BCUT2D eigenvalue weighted by atomic mass is 32.1. The van der Waals surface area contributed by atoms with Gasteiger partial charge in [-0.25, -0.2) is 14.6 Å². The van der Waals surface area contributed by atoms with Gasteiger partial charge in [0.05, 0.1) is 24.6 Å². The number of methoxy groups -OCH3 is 1. The Hall–Kier alpha value is -3.53. The Morgan fingerprint density at radius 1 is 1.45 bits per heavy atom. The Morgan fingerprint density at radius 2 is 2.28 bits per heavy atom. The molecule has 0 aliphatic heterocycles. The van der Waals surface area contributed by atoms with Crippen LogP contribution in [-0.4, -0.2) is 37.1 Å². The van der Waals surface area contributed by atoms with Crippen molar-refractivity contribution in [2.24, 2.45) is 12.8 Å². The van der Waals surface area contributed by atoms with Crippen LogP contribution in [0.15, 0.2) is 41.6 Å². The summed E-state index contributed by atoms with van der Waals surface area (Å²) < 4.78 is 9.34. The SMILES string of the molecule is COc1ncccc1Cn1ncc2c3sc(CC(=N)/C=C\N)nc3n(C)c2c1=O. The van der Waals surface area contributed by atoms with Crippen LogP contribution in [0.4, 0.5) is 0 Å². The van der Waals surface area contributed by atoms with Gasteiger partial charge in [0.2, 0.25) is 5.88 Å². The molecule has 4 heterocycles. The van der Waals surface area contributed by atoms with E-state index in [1.807, 2.05) is 13.1 Å². The maximum absolute atomic E-state index is 13.1. The largest absolute Gasteiger partial charge is 0.481 e. The summed E-state index contributed by atoms with van der Waals surface area (Å²) in [5, 5.41) is 13.8. The van der Waals surface area contributed by atoms with Crippen LogP contribution in [-0.2, 0) is 20.0 Å². The van der Waals surface area contributed by atoms with Crippen molar-refractivity contribution in [3.63, 3.8) is 0 Å². The summed E-state index contributed by atoms with van der Waals surface area (Å²) in [6, 6.07) is 3.65. The third-order valence-corrected chi connectivity index (χ3v) is 5.65. The Labute approximate surface area is 169 Å². The monoisotopic (exact) mass is 409 g/mol. The number of thiazole rings is 1. The van der Waals surface area contributed by atoms with Crippen molar-refractivity contribution in [1.82, 2.24) is 24.3 Å². The first-order chi connectivity index (χ1) is 14.0. The van der Waals surface area contributed by atoms with E-state index in [0.29, 0.717) is 29.2 Å². The fourth-order valence-electron chi connectivity index (χ4n) is 3.25. The molecule has 0 aliphatic rings. The third kappa shape index (κ3) is 3.27. The number of aromatic nitrogens is 5. The number of aryl methyl sites for hydroxylation is 1. The van der Waals surface area contributed by atoms with Crippen LogP contribution in [0.25, 0.3) is 21.3 Å². The lowest BCUT2D eigenvalue weighted by Crippen LogP contribution is -2.24.